The minimum Gasteiger partial charge on any atom is -0.462 e. The zero-order valence-corrected chi connectivity index (χ0v) is 36.6. The second-order valence-electron chi connectivity index (χ2n) is 14.9. The summed E-state index contributed by atoms with van der Waals surface area (Å²) in [5, 5.41) is 0. The Labute approximate surface area is 346 Å². The summed E-state index contributed by atoms with van der Waals surface area (Å²) in [6.07, 6.45) is 60.2. The highest BCUT2D eigenvalue weighted by atomic mass is 16.6. The molecule has 1 unspecified atom stereocenters. The maximum absolute atomic E-state index is 12.7. The molecule has 5 nitrogen and oxygen atoms in total. The monoisotopic (exact) mass is 779 g/mol. The van der Waals surface area contributed by atoms with E-state index in [2.05, 4.69) is 99.8 Å². The second kappa shape index (κ2) is 46.5. The molecule has 56 heavy (non-hydrogen) atoms. The van der Waals surface area contributed by atoms with Gasteiger partial charge in [-0.05, 0) is 96.3 Å². The van der Waals surface area contributed by atoms with E-state index in [1.807, 2.05) is 6.08 Å². The van der Waals surface area contributed by atoms with Crippen molar-refractivity contribution in [3.8, 4) is 0 Å². The lowest BCUT2D eigenvalue weighted by atomic mass is 10.1. The number of esters is 2. The fourth-order valence-electron chi connectivity index (χ4n) is 5.97. The molecule has 0 radical (unpaired) electrons. The summed E-state index contributed by atoms with van der Waals surface area (Å²) >= 11 is 0. The SMILES string of the molecule is CC/C=C\C/C=C\C/C=C\C/C=C\CCC(=O)OCC(COCCCCCCCC/C=C\C/C=C\CCC)OC(=O)CCCCCCC/C=C\CCCCCC. The molecule has 320 valence electrons. The van der Waals surface area contributed by atoms with Gasteiger partial charge in [0.2, 0.25) is 0 Å². The van der Waals surface area contributed by atoms with E-state index in [0.29, 0.717) is 25.9 Å². The molecule has 0 rings (SSSR count). The number of ether oxygens (including phenoxy) is 3. The summed E-state index contributed by atoms with van der Waals surface area (Å²) in [4.78, 5) is 25.2. The van der Waals surface area contributed by atoms with Crippen LogP contribution in [0.3, 0.4) is 0 Å². The topological polar surface area (TPSA) is 61.8 Å². The Morgan fingerprint density at radius 3 is 1.45 bits per heavy atom. The Morgan fingerprint density at radius 2 is 0.875 bits per heavy atom. The van der Waals surface area contributed by atoms with Crippen molar-refractivity contribution in [2.24, 2.45) is 0 Å². The van der Waals surface area contributed by atoms with Gasteiger partial charge in [-0.2, -0.15) is 0 Å². The fraction of sp³-hybridized carbons (Fsp3) is 0.686. The zero-order chi connectivity index (χ0) is 40.7. The summed E-state index contributed by atoms with van der Waals surface area (Å²) in [5.74, 6) is -0.512. The zero-order valence-electron chi connectivity index (χ0n) is 36.6. The predicted molar refractivity (Wildman–Crippen MR) is 242 cm³/mol. The number of unbranched alkanes of at least 4 members (excludes halogenated alkanes) is 16. The van der Waals surface area contributed by atoms with Gasteiger partial charge in [0.05, 0.1) is 6.61 Å². The minimum atomic E-state index is -0.576. The van der Waals surface area contributed by atoms with Crippen LogP contribution < -0.4 is 0 Å². The van der Waals surface area contributed by atoms with E-state index in [4.69, 9.17) is 14.2 Å². The van der Waals surface area contributed by atoms with Crippen LogP contribution in [0, 0.1) is 0 Å². The Hall–Kier alpha value is -2.92. The molecule has 0 saturated heterocycles. The van der Waals surface area contributed by atoms with Crippen molar-refractivity contribution in [1.29, 1.82) is 0 Å². The highest BCUT2D eigenvalue weighted by molar-refractivity contribution is 5.70. The van der Waals surface area contributed by atoms with Gasteiger partial charge in [0.15, 0.2) is 6.10 Å². The molecule has 0 amide bonds. The molecule has 0 spiro atoms. The van der Waals surface area contributed by atoms with Crippen LogP contribution in [-0.2, 0) is 23.8 Å². The van der Waals surface area contributed by atoms with Gasteiger partial charge in [-0.3, -0.25) is 9.59 Å². The van der Waals surface area contributed by atoms with Gasteiger partial charge in [0.25, 0.3) is 0 Å². The fourth-order valence-corrected chi connectivity index (χ4v) is 5.97. The third-order valence-corrected chi connectivity index (χ3v) is 9.38. The van der Waals surface area contributed by atoms with E-state index in [0.717, 1.165) is 77.0 Å². The van der Waals surface area contributed by atoms with Crippen LogP contribution in [0.1, 0.15) is 201 Å². The summed E-state index contributed by atoms with van der Waals surface area (Å²) < 4.78 is 17.2. The van der Waals surface area contributed by atoms with E-state index in [1.165, 1.54) is 83.5 Å². The Bertz CT molecular complexity index is 1060. The summed E-state index contributed by atoms with van der Waals surface area (Å²) in [6.45, 7) is 7.51. The maximum Gasteiger partial charge on any atom is 0.306 e. The third kappa shape index (κ3) is 43.8. The van der Waals surface area contributed by atoms with Crippen LogP contribution >= 0.6 is 0 Å². The summed E-state index contributed by atoms with van der Waals surface area (Å²) in [6, 6.07) is 0. The number of rotatable bonds is 41. The summed E-state index contributed by atoms with van der Waals surface area (Å²) in [7, 11) is 0. The summed E-state index contributed by atoms with van der Waals surface area (Å²) in [5.41, 5.74) is 0. The van der Waals surface area contributed by atoms with Crippen molar-refractivity contribution in [2.75, 3.05) is 19.8 Å². The molecule has 0 bridgehead atoms. The third-order valence-electron chi connectivity index (χ3n) is 9.38. The van der Waals surface area contributed by atoms with Gasteiger partial charge >= 0.3 is 11.9 Å². The lowest BCUT2D eigenvalue weighted by Gasteiger charge is -2.18. The second-order valence-corrected chi connectivity index (χ2v) is 14.9. The first kappa shape index (κ1) is 53.1. The lowest BCUT2D eigenvalue weighted by Crippen LogP contribution is -2.30. The number of hydrogen-bond donors (Lipinski definition) is 0. The molecule has 0 aliphatic heterocycles. The van der Waals surface area contributed by atoms with Gasteiger partial charge in [0, 0.05) is 19.4 Å². The first-order chi connectivity index (χ1) is 27.6. The van der Waals surface area contributed by atoms with Gasteiger partial charge < -0.3 is 14.2 Å². The largest absolute Gasteiger partial charge is 0.462 e. The number of carbonyl (C=O) groups excluding carboxylic acids is 2. The maximum atomic E-state index is 12.7. The standard InChI is InChI=1S/C51H86O5/c1-4-7-10-13-16-19-22-25-28-31-34-37-40-43-46-54-47-49(56-51(53)45-42-39-36-33-30-27-24-21-18-15-12-9-6-3)48-55-50(52)44-41-38-35-32-29-26-23-20-17-14-11-8-5-2/h8,10-11,13,17,19-22,24,26,29,35,38,49H,4-7,9,12,14-16,18,23,25,27-28,30-34,36-37,39-48H2,1-3H3/b11-8-,13-10-,20-17-,22-19-,24-21-,29-26-,38-35-. The Morgan fingerprint density at radius 1 is 0.411 bits per heavy atom. The van der Waals surface area contributed by atoms with Crippen LogP contribution in [0.5, 0.6) is 0 Å². The number of allylic oxidation sites excluding steroid dienone is 14. The van der Waals surface area contributed by atoms with Crippen molar-refractivity contribution in [1.82, 2.24) is 0 Å². The van der Waals surface area contributed by atoms with E-state index in [-0.39, 0.29) is 25.2 Å². The first-order valence-corrected chi connectivity index (χ1v) is 23.1. The van der Waals surface area contributed by atoms with Gasteiger partial charge in [-0.25, -0.2) is 0 Å². The average molecular weight is 779 g/mol. The Kier molecular flexibility index (Phi) is 44.0. The molecule has 1 atom stereocenters. The van der Waals surface area contributed by atoms with Crippen LogP contribution in [0.15, 0.2) is 85.1 Å². The van der Waals surface area contributed by atoms with Crippen molar-refractivity contribution >= 4 is 11.9 Å². The molecule has 0 heterocycles. The van der Waals surface area contributed by atoms with Crippen molar-refractivity contribution in [2.45, 2.75) is 207 Å². The molecule has 0 aromatic rings. The highest BCUT2D eigenvalue weighted by Crippen LogP contribution is 2.12. The molecular weight excluding hydrogens is 693 g/mol. The average Bonchev–Trinajstić information content (AvgIpc) is 3.20. The predicted octanol–water partition coefficient (Wildman–Crippen LogP) is 15.3. The molecule has 0 aliphatic rings. The van der Waals surface area contributed by atoms with Crippen LogP contribution in [0.25, 0.3) is 0 Å². The molecule has 0 aromatic heterocycles. The van der Waals surface area contributed by atoms with Crippen LogP contribution in [-0.4, -0.2) is 37.9 Å². The normalized spacial score (nSPS) is 13.0. The molecule has 0 N–H and O–H groups in total. The highest BCUT2D eigenvalue weighted by Gasteiger charge is 2.17. The lowest BCUT2D eigenvalue weighted by molar-refractivity contribution is -0.162. The van der Waals surface area contributed by atoms with Gasteiger partial charge in [-0.1, -0.05) is 176 Å². The van der Waals surface area contributed by atoms with Gasteiger partial charge in [0.1, 0.15) is 6.61 Å². The molecule has 0 aliphatic carbocycles. The molecule has 0 fully saturated rings. The van der Waals surface area contributed by atoms with E-state index in [1.54, 1.807) is 0 Å². The van der Waals surface area contributed by atoms with E-state index < -0.39 is 6.10 Å². The quantitative estimate of drug-likeness (QED) is 0.0351. The van der Waals surface area contributed by atoms with Crippen molar-refractivity contribution in [3.05, 3.63) is 85.1 Å². The van der Waals surface area contributed by atoms with Crippen molar-refractivity contribution in [3.63, 3.8) is 0 Å². The van der Waals surface area contributed by atoms with Crippen LogP contribution in [0.4, 0.5) is 0 Å². The molecule has 0 aromatic carbocycles. The minimum absolute atomic E-state index is 0.0361. The number of hydrogen-bond acceptors (Lipinski definition) is 5. The first-order valence-electron chi connectivity index (χ1n) is 23.1. The van der Waals surface area contributed by atoms with Crippen molar-refractivity contribution < 1.29 is 23.8 Å². The van der Waals surface area contributed by atoms with E-state index in [9.17, 15) is 9.59 Å². The van der Waals surface area contributed by atoms with Gasteiger partial charge in [-0.15, -0.1) is 0 Å². The molecule has 5 heteroatoms. The molecular formula is C51H86O5. The van der Waals surface area contributed by atoms with E-state index >= 15 is 0 Å². The smallest absolute Gasteiger partial charge is 0.306 e. The Balaban J connectivity index is 4.40. The number of carbonyl (C=O) groups is 2. The molecule has 0 saturated carbocycles. The van der Waals surface area contributed by atoms with Crippen LogP contribution in [0.2, 0.25) is 0 Å².